The van der Waals surface area contributed by atoms with Crippen molar-refractivity contribution >= 4 is 0 Å². The Kier molecular flexibility index (Phi) is 3.27. The summed E-state index contributed by atoms with van der Waals surface area (Å²) in [6, 6.07) is 8.60. The van der Waals surface area contributed by atoms with E-state index in [1.165, 1.54) is 12.0 Å². The first-order chi connectivity index (χ1) is 8.85. The standard InChI is InChI=1S/C15H21NO2/c1-2-18-14-5-3-12(4-6-14)15(10-17-11-15)13-7-8-16-9-13/h3-6,13,16H,2,7-11H2,1H3. The maximum Gasteiger partial charge on any atom is 0.119 e. The highest BCUT2D eigenvalue weighted by molar-refractivity contribution is 5.35. The Balaban J connectivity index is 1.82. The van der Waals surface area contributed by atoms with E-state index in [1.807, 2.05) is 6.92 Å². The average Bonchev–Trinajstić information content (AvgIpc) is 2.84. The van der Waals surface area contributed by atoms with Crippen molar-refractivity contribution in [2.45, 2.75) is 18.8 Å². The predicted molar refractivity (Wildman–Crippen MR) is 71.1 cm³/mol. The quantitative estimate of drug-likeness (QED) is 0.882. The largest absolute Gasteiger partial charge is 0.494 e. The molecule has 2 aliphatic rings. The summed E-state index contributed by atoms with van der Waals surface area (Å²) in [7, 11) is 0. The van der Waals surface area contributed by atoms with E-state index >= 15 is 0 Å². The summed E-state index contributed by atoms with van der Waals surface area (Å²) < 4.78 is 11.0. The van der Waals surface area contributed by atoms with Gasteiger partial charge in [0.15, 0.2) is 0 Å². The van der Waals surface area contributed by atoms with Crippen molar-refractivity contribution in [2.24, 2.45) is 5.92 Å². The molecule has 3 nitrogen and oxygen atoms in total. The molecule has 98 valence electrons. The molecular weight excluding hydrogens is 226 g/mol. The van der Waals surface area contributed by atoms with Gasteiger partial charge < -0.3 is 14.8 Å². The molecule has 0 radical (unpaired) electrons. The van der Waals surface area contributed by atoms with Crippen LogP contribution in [0.3, 0.4) is 0 Å². The van der Waals surface area contributed by atoms with Crippen molar-refractivity contribution in [2.75, 3.05) is 32.9 Å². The van der Waals surface area contributed by atoms with Gasteiger partial charge in [-0.1, -0.05) is 12.1 Å². The smallest absolute Gasteiger partial charge is 0.119 e. The van der Waals surface area contributed by atoms with Crippen molar-refractivity contribution in [1.82, 2.24) is 5.32 Å². The third-order valence-electron chi connectivity index (χ3n) is 4.30. The van der Waals surface area contributed by atoms with Gasteiger partial charge in [-0.25, -0.2) is 0 Å². The fourth-order valence-corrected chi connectivity index (χ4v) is 3.14. The lowest BCUT2D eigenvalue weighted by molar-refractivity contribution is -0.0869. The molecule has 0 amide bonds. The highest BCUT2D eigenvalue weighted by Crippen LogP contribution is 2.42. The van der Waals surface area contributed by atoms with Gasteiger partial charge in [0, 0.05) is 5.41 Å². The van der Waals surface area contributed by atoms with Crippen LogP contribution in [-0.4, -0.2) is 32.9 Å². The Morgan fingerprint density at radius 1 is 1.33 bits per heavy atom. The highest BCUT2D eigenvalue weighted by atomic mass is 16.5. The second-order valence-electron chi connectivity index (χ2n) is 5.30. The molecule has 18 heavy (non-hydrogen) atoms. The van der Waals surface area contributed by atoms with Gasteiger partial charge in [0.05, 0.1) is 19.8 Å². The first-order valence-corrected chi connectivity index (χ1v) is 6.87. The van der Waals surface area contributed by atoms with Crippen molar-refractivity contribution < 1.29 is 9.47 Å². The van der Waals surface area contributed by atoms with Crippen LogP contribution in [-0.2, 0) is 10.2 Å². The van der Waals surface area contributed by atoms with E-state index in [-0.39, 0.29) is 5.41 Å². The first kappa shape index (κ1) is 12.0. The van der Waals surface area contributed by atoms with Crippen molar-refractivity contribution in [3.8, 4) is 5.75 Å². The molecule has 1 N–H and O–H groups in total. The van der Waals surface area contributed by atoms with Crippen molar-refractivity contribution in [3.05, 3.63) is 29.8 Å². The van der Waals surface area contributed by atoms with E-state index in [0.717, 1.165) is 38.7 Å². The molecule has 3 rings (SSSR count). The Morgan fingerprint density at radius 2 is 2.11 bits per heavy atom. The van der Waals surface area contributed by atoms with Crippen LogP contribution in [0.15, 0.2) is 24.3 Å². The molecule has 0 bridgehead atoms. The molecule has 3 heteroatoms. The summed E-state index contributed by atoms with van der Waals surface area (Å²) >= 11 is 0. The van der Waals surface area contributed by atoms with E-state index in [2.05, 4.69) is 29.6 Å². The molecule has 1 unspecified atom stereocenters. The van der Waals surface area contributed by atoms with Crippen LogP contribution in [0.5, 0.6) is 5.75 Å². The zero-order valence-electron chi connectivity index (χ0n) is 10.9. The molecule has 0 aliphatic carbocycles. The van der Waals surface area contributed by atoms with Gasteiger partial charge in [-0.05, 0) is 50.0 Å². The molecule has 2 heterocycles. The van der Waals surface area contributed by atoms with Gasteiger partial charge in [0.2, 0.25) is 0 Å². The van der Waals surface area contributed by atoms with Crippen LogP contribution in [0.25, 0.3) is 0 Å². The fraction of sp³-hybridized carbons (Fsp3) is 0.600. The van der Waals surface area contributed by atoms with E-state index in [4.69, 9.17) is 9.47 Å². The number of hydrogen-bond acceptors (Lipinski definition) is 3. The zero-order chi connectivity index (χ0) is 12.4. The fourth-order valence-electron chi connectivity index (χ4n) is 3.14. The highest BCUT2D eigenvalue weighted by Gasteiger charge is 2.47. The Hall–Kier alpha value is -1.06. The molecule has 0 aromatic heterocycles. The average molecular weight is 247 g/mol. The number of ether oxygens (including phenoxy) is 2. The summed E-state index contributed by atoms with van der Waals surface area (Å²) in [5.74, 6) is 1.67. The molecule has 2 fully saturated rings. The van der Waals surface area contributed by atoms with Crippen LogP contribution >= 0.6 is 0 Å². The Labute approximate surface area is 108 Å². The SMILES string of the molecule is CCOc1ccc(C2(C3CCNC3)COC2)cc1. The molecule has 1 atom stereocenters. The minimum atomic E-state index is 0.244. The van der Waals surface area contributed by atoms with Crippen LogP contribution < -0.4 is 10.1 Å². The topological polar surface area (TPSA) is 30.5 Å². The molecule has 0 saturated carbocycles. The molecule has 1 aromatic rings. The normalized spacial score (nSPS) is 25.7. The number of benzene rings is 1. The van der Waals surface area contributed by atoms with Gasteiger partial charge >= 0.3 is 0 Å². The van der Waals surface area contributed by atoms with Crippen molar-refractivity contribution in [1.29, 1.82) is 0 Å². The van der Waals surface area contributed by atoms with Crippen LogP contribution in [0.2, 0.25) is 0 Å². The first-order valence-electron chi connectivity index (χ1n) is 6.87. The zero-order valence-corrected chi connectivity index (χ0v) is 10.9. The van der Waals surface area contributed by atoms with E-state index in [9.17, 15) is 0 Å². The van der Waals surface area contributed by atoms with Crippen LogP contribution in [0.1, 0.15) is 18.9 Å². The number of nitrogens with one attached hydrogen (secondary N) is 1. The van der Waals surface area contributed by atoms with Crippen LogP contribution in [0.4, 0.5) is 0 Å². The van der Waals surface area contributed by atoms with E-state index < -0.39 is 0 Å². The van der Waals surface area contributed by atoms with Crippen molar-refractivity contribution in [3.63, 3.8) is 0 Å². The summed E-state index contributed by atoms with van der Waals surface area (Å²) in [4.78, 5) is 0. The van der Waals surface area contributed by atoms with Gasteiger partial charge in [-0.3, -0.25) is 0 Å². The minimum Gasteiger partial charge on any atom is -0.494 e. The van der Waals surface area contributed by atoms with E-state index in [0.29, 0.717) is 5.92 Å². The third-order valence-corrected chi connectivity index (χ3v) is 4.30. The van der Waals surface area contributed by atoms with Gasteiger partial charge in [0.25, 0.3) is 0 Å². The van der Waals surface area contributed by atoms with Crippen LogP contribution in [0, 0.1) is 5.92 Å². The number of rotatable bonds is 4. The molecule has 2 saturated heterocycles. The summed E-state index contributed by atoms with van der Waals surface area (Å²) in [5, 5.41) is 3.47. The minimum absolute atomic E-state index is 0.244. The second kappa shape index (κ2) is 4.90. The lowest BCUT2D eigenvalue weighted by atomic mass is 9.68. The lowest BCUT2D eigenvalue weighted by Crippen LogP contribution is -2.53. The maximum absolute atomic E-state index is 5.52. The summed E-state index contributed by atoms with van der Waals surface area (Å²) in [5.41, 5.74) is 1.65. The monoisotopic (exact) mass is 247 g/mol. The van der Waals surface area contributed by atoms with Gasteiger partial charge in [-0.2, -0.15) is 0 Å². The van der Waals surface area contributed by atoms with Gasteiger partial charge in [0.1, 0.15) is 5.75 Å². The second-order valence-corrected chi connectivity index (χ2v) is 5.30. The van der Waals surface area contributed by atoms with Gasteiger partial charge in [-0.15, -0.1) is 0 Å². The summed E-state index contributed by atoms with van der Waals surface area (Å²) in [6.07, 6.45) is 1.26. The lowest BCUT2D eigenvalue weighted by Gasteiger charge is -2.46. The predicted octanol–water partition coefficient (Wildman–Crippen LogP) is 1.96. The third kappa shape index (κ3) is 1.91. The maximum atomic E-state index is 5.52. The molecular formula is C15H21NO2. The summed E-state index contributed by atoms with van der Waals surface area (Å²) in [6.45, 7) is 6.74. The van der Waals surface area contributed by atoms with E-state index in [1.54, 1.807) is 0 Å². The Morgan fingerprint density at radius 3 is 2.61 bits per heavy atom. The molecule has 1 aromatic carbocycles. The Bertz CT molecular complexity index is 391. The molecule has 0 spiro atoms. The molecule has 2 aliphatic heterocycles. The number of hydrogen-bond donors (Lipinski definition) is 1.